The summed E-state index contributed by atoms with van der Waals surface area (Å²) < 4.78 is 60.3. The Morgan fingerprint density at radius 1 is 1.31 bits per heavy atom. The van der Waals surface area contributed by atoms with Gasteiger partial charge in [-0.2, -0.15) is 13.2 Å². The van der Waals surface area contributed by atoms with Crippen LogP contribution in [0.5, 0.6) is 5.75 Å². The molecule has 0 radical (unpaired) electrons. The van der Waals surface area contributed by atoms with E-state index in [0.29, 0.717) is 24.7 Å². The summed E-state index contributed by atoms with van der Waals surface area (Å²) in [5.41, 5.74) is 2.60. The van der Waals surface area contributed by atoms with Crippen molar-refractivity contribution in [3.05, 3.63) is 52.7 Å². The smallest absolute Gasteiger partial charge is 0.419 e. The molecule has 174 valence electrons. The van der Waals surface area contributed by atoms with Crippen molar-refractivity contribution in [2.45, 2.75) is 58.2 Å². The summed E-state index contributed by atoms with van der Waals surface area (Å²) >= 11 is 0. The molecule has 1 heterocycles. The molecule has 10 heteroatoms. The first-order valence-corrected chi connectivity index (χ1v) is 10.2. The fourth-order valence-corrected chi connectivity index (χ4v) is 2.99. The molecule has 3 N–H and O–H groups in total. The summed E-state index contributed by atoms with van der Waals surface area (Å²) in [5.74, 6) is -3.61. The number of nitrogens with two attached hydrogens (primary N) is 1. The largest absolute Gasteiger partial charge is 0.461 e. The molecule has 32 heavy (non-hydrogen) atoms. The van der Waals surface area contributed by atoms with Crippen LogP contribution in [0.3, 0.4) is 0 Å². The molecule has 1 unspecified atom stereocenters. The molecule has 1 aliphatic heterocycles. The molecular weight excluding hydrogens is 430 g/mol. The van der Waals surface area contributed by atoms with Crippen LogP contribution >= 0.6 is 0 Å². The topological polar surface area (TPSA) is 93.8 Å². The second-order valence-electron chi connectivity index (χ2n) is 7.11. The van der Waals surface area contributed by atoms with Crippen molar-refractivity contribution in [2.24, 2.45) is 10.7 Å². The number of benzene rings is 1. The number of halogens is 4. The summed E-state index contributed by atoms with van der Waals surface area (Å²) in [6.07, 6.45) is 2.38. The van der Waals surface area contributed by atoms with Gasteiger partial charge in [0.25, 0.3) is 11.8 Å². The van der Waals surface area contributed by atoms with E-state index < -0.39 is 41.0 Å². The van der Waals surface area contributed by atoms with Gasteiger partial charge < -0.3 is 15.8 Å². The molecule has 0 saturated heterocycles. The van der Waals surface area contributed by atoms with Gasteiger partial charge in [0.05, 0.1) is 17.4 Å². The second-order valence-corrected chi connectivity index (χ2v) is 7.11. The van der Waals surface area contributed by atoms with Gasteiger partial charge in [0.2, 0.25) is 0 Å². The fraction of sp³-hybridized carbons (Fsp3) is 0.409. The third-order valence-electron chi connectivity index (χ3n) is 4.67. The first-order valence-electron chi connectivity index (χ1n) is 10.2. The molecule has 0 aromatic heterocycles. The predicted octanol–water partition coefficient (Wildman–Crippen LogP) is 4.65. The number of carbonyl (C=O) groups is 2. The van der Waals surface area contributed by atoms with E-state index in [-0.39, 0.29) is 17.9 Å². The number of allylic oxidation sites excluding steroid dienone is 2. The quantitative estimate of drug-likeness (QED) is 0.322. The molecule has 2 rings (SSSR count). The molecule has 1 aromatic rings. The fourth-order valence-electron chi connectivity index (χ4n) is 2.99. The maximum atomic E-state index is 14.9. The van der Waals surface area contributed by atoms with E-state index in [4.69, 9.17) is 10.5 Å². The molecule has 1 aliphatic rings. The van der Waals surface area contributed by atoms with Crippen molar-refractivity contribution >= 4 is 18.0 Å². The zero-order valence-corrected chi connectivity index (χ0v) is 17.8. The minimum Gasteiger partial charge on any atom is -0.461 e. The van der Waals surface area contributed by atoms with Gasteiger partial charge >= 0.3 is 6.18 Å². The number of primary amides is 1. The molecule has 6 nitrogen and oxygen atoms in total. The molecule has 0 bridgehead atoms. The first-order chi connectivity index (χ1) is 15.1. The number of aliphatic imine (C=N–C) groups is 1. The monoisotopic (exact) mass is 455 g/mol. The average Bonchev–Trinajstić information content (AvgIpc) is 2.72. The molecular formula is C22H25F4N3O3. The van der Waals surface area contributed by atoms with Gasteiger partial charge in [-0.3, -0.25) is 14.6 Å². The Labute approximate surface area is 183 Å². The van der Waals surface area contributed by atoms with E-state index in [1.807, 2.05) is 6.92 Å². The lowest BCUT2D eigenvalue weighted by molar-refractivity contribution is -0.140. The van der Waals surface area contributed by atoms with Crippen LogP contribution in [0.2, 0.25) is 0 Å². The maximum Gasteiger partial charge on any atom is 0.419 e. The number of hydrogen-bond donors (Lipinski definition) is 2. The van der Waals surface area contributed by atoms with Gasteiger partial charge in [0.15, 0.2) is 5.82 Å². The SMILES string of the molecule is CCCC/C=C(\CC)Oc1ccc(C(F)(F)F)c(F)c1C(=O)NC1C=C(C(N)=O)N=CC1. The van der Waals surface area contributed by atoms with Gasteiger partial charge in [0.1, 0.15) is 17.0 Å². The van der Waals surface area contributed by atoms with E-state index in [0.717, 1.165) is 18.9 Å². The van der Waals surface area contributed by atoms with Crippen LogP contribution in [0.25, 0.3) is 0 Å². The Morgan fingerprint density at radius 3 is 2.62 bits per heavy atom. The molecule has 2 amide bonds. The minimum absolute atomic E-state index is 0.116. The zero-order valence-electron chi connectivity index (χ0n) is 17.8. The van der Waals surface area contributed by atoms with Gasteiger partial charge in [-0.25, -0.2) is 4.39 Å². The second kappa shape index (κ2) is 10.9. The number of hydrogen-bond acceptors (Lipinski definition) is 4. The molecule has 0 aliphatic carbocycles. The minimum atomic E-state index is -5.00. The molecule has 0 fully saturated rings. The van der Waals surface area contributed by atoms with Gasteiger partial charge in [-0.1, -0.05) is 20.3 Å². The predicted molar refractivity (Wildman–Crippen MR) is 112 cm³/mol. The highest BCUT2D eigenvalue weighted by molar-refractivity contribution is 5.99. The molecule has 1 aromatic carbocycles. The van der Waals surface area contributed by atoms with Crippen molar-refractivity contribution in [2.75, 3.05) is 0 Å². The maximum absolute atomic E-state index is 14.9. The Balaban J connectivity index is 2.43. The molecule has 0 saturated carbocycles. The van der Waals surface area contributed by atoms with Crippen molar-refractivity contribution in [1.29, 1.82) is 0 Å². The van der Waals surface area contributed by atoms with E-state index in [2.05, 4.69) is 10.3 Å². The van der Waals surface area contributed by atoms with Gasteiger partial charge in [-0.05, 0) is 37.1 Å². The number of alkyl halides is 3. The lowest BCUT2D eigenvalue weighted by Crippen LogP contribution is -2.37. The summed E-state index contributed by atoms with van der Waals surface area (Å²) in [7, 11) is 0. The van der Waals surface area contributed by atoms with Crippen LogP contribution in [-0.4, -0.2) is 24.1 Å². The first kappa shape index (κ1) is 25.1. The lowest BCUT2D eigenvalue weighted by Gasteiger charge is -2.20. The summed E-state index contributed by atoms with van der Waals surface area (Å²) in [4.78, 5) is 27.9. The molecule has 0 spiro atoms. The Kier molecular flexibility index (Phi) is 8.56. The summed E-state index contributed by atoms with van der Waals surface area (Å²) in [6.45, 7) is 3.78. The number of nitrogens with zero attached hydrogens (tertiary/aromatic N) is 1. The van der Waals surface area contributed by atoms with E-state index in [1.165, 1.54) is 12.3 Å². The van der Waals surface area contributed by atoms with Crippen LogP contribution in [0.1, 0.15) is 61.9 Å². The Hall–Kier alpha value is -3.17. The van der Waals surface area contributed by atoms with Crippen LogP contribution in [0, 0.1) is 5.82 Å². The number of ether oxygens (including phenoxy) is 1. The molecule has 1 atom stereocenters. The third kappa shape index (κ3) is 6.41. The highest BCUT2D eigenvalue weighted by Gasteiger charge is 2.37. The number of carbonyl (C=O) groups excluding carboxylic acids is 2. The van der Waals surface area contributed by atoms with E-state index in [1.54, 1.807) is 13.0 Å². The van der Waals surface area contributed by atoms with Crippen LogP contribution in [-0.2, 0) is 11.0 Å². The van der Waals surface area contributed by atoms with Crippen molar-refractivity contribution in [3.63, 3.8) is 0 Å². The van der Waals surface area contributed by atoms with Crippen LogP contribution in [0.15, 0.2) is 40.7 Å². The average molecular weight is 455 g/mol. The number of rotatable bonds is 9. The van der Waals surface area contributed by atoms with E-state index in [9.17, 15) is 27.2 Å². The highest BCUT2D eigenvalue weighted by atomic mass is 19.4. The van der Waals surface area contributed by atoms with Gasteiger partial charge in [-0.15, -0.1) is 0 Å². The van der Waals surface area contributed by atoms with Crippen molar-refractivity contribution in [1.82, 2.24) is 5.32 Å². The number of nitrogens with one attached hydrogen (secondary N) is 1. The summed E-state index contributed by atoms with van der Waals surface area (Å²) in [5, 5.41) is 2.40. The van der Waals surface area contributed by atoms with Gasteiger partial charge in [0, 0.05) is 19.1 Å². The lowest BCUT2D eigenvalue weighted by atomic mass is 10.0. The standard InChI is InChI=1S/C22H25F4N3O3/c1-3-5-6-7-14(4-2)32-17-9-8-15(22(24,25)26)19(23)18(17)21(31)29-13-10-11-28-16(12-13)20(27)30/h7-9,11-13H,3-6,10H2,1-2H3,(H2,27,30)(H,29,31)/b14-7+. The van der Waals surface area contributed by atoms with Crippen LogP contribution < -0.4 is 15.8 Å². The number of amides is 2. The Morgan fingerprint density at radius 2 is 2.03 bits per heavy atom. The van der Waals surface area contributed by atoms with Crippen LogP contribution in [0.4, 0.5) is 17.6 Å². The normalized spacial score (nSPS) is 16.5. The zero-order chi connectivity index (χ0) is 23.9. The van der Waals surface area contributed by atoms with Crippen molar-refractivity contribution in [3.8, 4) is 5.75 Å². The van der Waals surface area contributed by atoms with Crippen molar-refractivity contribution < 1.29 is 31.9 Å². The highest BCUT2D eigenvalue weighted by Crippen LogP contribution is 2.36. The van der Waals surface area contributed by atoms with E-state index >= 15 is 0 Å². The third-order valence-corrected chi connectivity index (χ3v) is 4.67. The number of unbranched alkanes of at least 4 members (excludes halogenated alkanes) is 2. The Bertz CT molecular complexity index is 952. The summed E-state index contributed by atoms with van der Waals surface area (Å²) in [6, 6.07) is 0.658.